The van der Waals surface area contributed by atoms with Crippen LogP contribution >= 0.6 is 0 Å². The van der Waals surface area contributed by atoms with Crippen LogP contribution in [0.2, 0.25) is 0 Å². The quantitative estimate of drug-likeness (QED) is 0.755. The molecule has 0 aliphatic carbocycles. The van der Waals surface area contributed by atoms with E-state index in [4.69, 9.17) is 9.29 Å². The summed E-state index contributed by atoms with van der Waals surface area (Å²) >= 11 is 0. The second-order valence-corrected chi connectivity index (χ2v) is 4.57. The Bertz CT molecular complexity index is 569. The third-order valence-electron chi connectivity index (χ3n) is 2.12. The fourth-order valence-corrected chi connectivity index (χ4v) is 2.15. The summed E-state index contributed by atoms with van der Waals surface area (Å²) < 4.78 is 73.3. The summed E-state index contributed by atoms with van der Waals surface area (Å²) in [5, 5.41) is 4.55. The van der Waals surface area contributed by atoms with Gasteiger partial charge in [-0.05, 0) is 0 Å². The average Bonchev–Trinajstić information content (AvgIpc) is 2.59. The van der Waals surface area contributed by atoms with E-state index in [0.29, 0.717) is 0 Å². The van der Waals surface area contributed by atoms with Crippen LogP contribution in [-0.2, 0) is 22.7 Å². The zero-order chi connectivity index (χ0) is 12.8. The molecule has 1 aliphatic heterocycles. The molecular weight excluding hydrogens is 265 g/mol. The van der Waals surface area contributed by atoms with E-state index < -0.39 is 32.4 Å². The smallest absolute Gasteiger partial charge is 0.419 e. The minimum atomic E-state index is -5.09. The monoisotopic (exact) mass is 270 g/mol. The van der Waals surface area contributed by atoms with Gasteiger partial charge in [-0.1, -0.05) is 0 Å². The molecule has 1 aromatic rings. The first-order valence-electron chi connectivity index (χ1n) is 4.28. The van der Waals surface area contributed by atoms with Crippen LogP contribution < -0.4 is 4.74 Å². The highest BCUT2D eigenvalue weighted by Crippen LogP contribution is 2.40. The average molecular weight is 270 g/mol. The Hall–Kier alpha value is -1.42. The molecule has 0 amide bonds. The summed E-state index contributed by atoms with van der Waals surface area (Å²) in [5.41, 5.74) is -1.91. The zero-order valence-corrected chi connectivity index (χ0v) is 8.84. The molecule has 0 bridgehead atoms. The van der Waals surface area contributed by atoms with E-state index in [0.717, 1.165) is 0 Å². The summed E-state index contributed by atoms with van der Waals surface area (Å²) in [4.78, 5) is 0. The Kier molecular flexibility index (Phi) is 2.51. The topological polar surface area (TPSA) is 89.4 Å². The maximum atomic E-state index is 12.7. The van der Waals surface area contributed by atoms with Crippen molar-refractivity contribution in [2.75, 3.05) is 6.61 Å². The highest BCUT2D eigenvalue weighted by molar-refractivity contribution is 7.85. The van der Waals surface area contributed by atoms with Crippen molar-refractivity contribution in [2.24, 2.45) is 0 Å². The minimum Gasteiger partial charge on any atom is -0.476 e. The molecule has 1 N–H and O–H groups in total. The van der Waals surface area contributed by atoms with Gasteiger partial charge in [0.1, 0.15) is 5.56 Å². The Morgan fingerprint density at radius 1 is 1.29 bits per heavy atom. The number of nitrogens with zero attached hydrogens (tertiary/aromatic N) is 2. The fraction of sp³-hybridized carbons (Fsp3) is 0.429. The van der Waals surface area contributed by atoms with Crippen molar-refractivity contribution in [3.05, 3.63) is 11.1 Å². The van der Waals surface area contributed by atoms with E-state index in [1.807, 2.05) is 0 Å². The van der Waals surface area contributed by atoms with Crippen molar-refractivity contribution in [2.45, 2.75) is 17.6 Å². The molecule has 2 heterocycles. The van der Waals surface area contributed by atoms with Crippen LogP contribution in [0.4, 0.5) is 13.2 Å². The van der Waals surface area contributed by atoms with Crippen molar-refractivity contribution in [1.82, 2.24) is 10.2 Å². The molecule has 0 spiro atoms. The minimum absolute atomic E-state index is 0.0397. The van der Waals surface area contributed by atoms with Gasteiger partial charge in [-0.3, -0.25) is 4.55 Å². The van der Waals surface area contributed by atoms with Crippen molar-refractivity contribution < 1.29 is 30.9 Å². The lowest BCUT2D eigenvalue weighted by molar-refractivity contribution is -0.141. The lowest BCUT2D eigenvalue weighted by Crippen LogP contribution is -2.18. The van der Waals surface area contributed by atoms with Crippen LogP contribution in [0, 0.1) is 0 Å². The number of ether oxygens (including phenoxy) is 1. The summed E-state index contributed by atoms with van der Waals surface area (Å²) in [6.45, 7) is -0.0397. The number of fused-ring (bicyclic) bond motifs is 1. The molecule has 6 nitrogen and oxygen atoms in total. The van der Waals surface area contributed by atoms with Crippen LogP contribution in [0.25, 0.3) is 0 Å². The molecule has 0 saturated heterocycles. The molecule has 0 saturated carbocycles. The van der Waals surface area contributed by atoms with Crippen LogP contribution in [0.5, 0.6) is 5.88 Å². The van der Waals surface area contributed by atoms with Gasteiger partial charge < -0.3 is 4.74 Å². The molecule has 0 atom stereocenters. The van der Waals surface area contributed by atoms with Crippen LogP contribution in [-0.4, -0.2) is 29.8 Å². The molecule has 0 aromatic carbocycles. The summed E-state index contributed by atoms with van der Waals surface area (Å²) in [6, 6.07) is 0. The molecule has 0 radical (unpaired) electrons. The first-order valence-corrected chi connectivity index (χ1v) is 5.72. The number of hydrogen-bond donors (Lipinski definition) is 1. The zero-order valence-electron chi connectivity index (χ0n) is 8.02. The van der Waals surface area contributed by atoms with Crippen molar-refractivity contribution in [3.63, 3.8) is 0 Å². The van der Waals surface area contributed by atoms with Gasteiger partial charge in [0.25, 0.3) is 0 Å². The Labute approximate surface area is 93.2 Å². The Morgan fingerprint density at radius 2 is 1.94 bits per heavy atom. The van der Waals surface area contributed by atoms with E-state index in [1.165, 1.54) is 0 Å². The maximum absolute atomic E-state index is 12.7. The predicted molar refractivity (Wildman–Crippen MR) is 46.0 cm³/mol. The van der Waals surface area contributed by atoms with Crippen LogP contribution in [0.1, 0.15) is 11.1 Å². The molecule has 1 aromatic heterocycles. The number of alkyl halides is 3. The summed E-state index contributed by atoms with van der Waals surface area (Å²) in [7, 11) is -5.09. The van der Waals surface area contributed by atoms with E-state index in [1.54, 1.807) is 0 Å². The maximum Gasteiger partial charge on any atom is 0.419 e. The van der Waals surface area contributed by atoms with Crippen LogP contribution in [0.3, 0.4) is 0 Å². The first kappa shape index (κ1) is 12.0. The first-order chi connectivity index (χ1) is 7.71. The van der Waals surface area contributed by atoms with E-state index in [2.05, 4.69) is 10.2 Å². The van der Waals surface area contributed by atoms with Gasteiger partial charge in [0.2, 0.25) is 10.9 Å². The van der Waals surface area contributed by atoms with E-state index >= 15 is 0 Å². The number of hydrogen-bond acceptors (Lipinski definition) is 5. The van der Waals surface area contributed by atoms with Crippen molar-refractivity contribution in [1.29, 1.82) is 0 Å². The fourth-order valence-electron chi connectivity index (χ4n) is 1.51. The van der Waals surface area contributed by atoms with Gasteiger partial charge in [-0.25, -0.2) is 0 Å². The molecule has 94 valence electrons. The molecular formula is C7H5F3N2O4S. The Morgan fingerprint density at radius 3 is 2.47 bits per heavy atom. The molecule has 0 fully saturated rings. The molecule has 2 rings (SSSR count). The third-order valence-corrected chi connectivity index (χ3v) is 2.90. The van der Waals surface area contributed by atoms with E-state index in [9.17, 15) is 21.6 Å². The van der Waals surface area contributed by atoms with Gasteiger partial charge in [-0.15, -0.1) is 10.2 Å². The largest absolute Gasteiger partial charge is 0.476 e. The van der Waals surface area contributed by atoms with Gasteiger partial charge in [-0.2, -0.15) is 21.6 Å². The lowest BCUT2D eigenvalue weighted by atomic mass is 10.1. The van der Waals surface area contributed by atoms with Gasteiger partial charge in [0.05, 0.1) is 6.61 Å². The second kappa shape index (κ2) is 3.53. The molecule has 17 heavy (non-hydrogen) atoms. The lowest BCUT2D eigenvalue weighted by Gasteiger charge is -2.12. The van der Waals surface area contributed by atoms with Gasteiger partial charge in [0.15, 0.2) is 0 Å². The SMILES string of the molecule is O=S(=O)(O)c1nnc2c(c1C(F)(F)F)CCO2. The van der Waals surface area contributed by atoms with Gasteiger partial charge in [0, 0.05) is 12.0 Å². The number of rotatable bonds is 1. The van der Waals surface area contributed by atoms with Crippen LogP contribution in [0.15, 0.2) is 5.03 Å². The highest BCUT2D eigenvalue weighted by atomic mass is 32.2. The molecule has 0 unspecified atom stereocenters. The summed E-state index contributed by atoms with van der Waals surface area (Å²) in [6.07, 6.45) is -5.10. The van der Waals surface area contributed by atoms with Crippen molar-refractivity contribution >= 4 is 10.1 Å². The normalized spacial score (nSPS) is 15.5. The standard InChI is InChI=1S/C7H5F3N2O4S/c8-7(9,10)4-3-1-2-16-5(3)11-12-6(4)17(13,14)15/h1-2H2,(H,13,14,15). The van der Waals surface area contributed by atoms with Gasteiger partial charge >= 0.3 is 16.3 Å². The highest BCUT2D eigenvalue weighted by Gasteiger charge is 2.43. The number of aromatic nitrogens is 2. The number of halogens is 3. The molecule has 10 heteroatoms. The Balaban J connectivity index is 2.79. The van der Waals surface area contributed by atoms with E-state index in [-0.39, 0.29) is 18.9 Å². The van der Waals surface area contributed by atoms with Crippen molar-refractivity contribution in [3.8, 4) is 5.88 Å². The third kappa shape index (κ3) is 2.05. The second-order valence-electron chi connectivity index (χ2n) is 3.24. The summed E-state index contributed by atoms with van der Waals surface area (Å²) in [5.74, 6) is -0.357. The predicted octanol–water partition coefficient (Wildman–Crippen LogP) is 0.677. The molecule has 1 aliphatic rings.